The monoisotopic (exact) mass is 562 g/mol. The second-order valence-electron chi connectivity index (χ2n) is 5.61. The van der Waals surface area contributed by atoms with Crippen molar-refractivity contribution in [3.8, 4) is 0 Å². The van der Waals surface area contributed by atoms with E-state index in [0.717, 1.165) is 0 Å². The first kappa shape index (κ1) is 44.8. The third-order valence-corrected chi connectivity index (χ3v) is 2.94. The Bertz CT molecular complexity index is 531. The van der Waals surface area contributed by atoms with Crippen molar-refractivity contribution in [2.24, 2.45) is 17.2 Å². The molecule has 0 bridgehead atoms. The maximum absolute atomic E-state index is 9.99. The number of aliphatic carboxylic acids is 6. The molecule has 0 aliphatic carbocycles. The molecule has 0 saturated heterocycles. The molecule has 16 nitrogen and oxygen atoms in total. The first-order valence-electron chi connectivity index (χ1n) is 8.20. The van der Waals surface area contributed by atoms with Crippen molar-refractivity contribution in [3.63, 3.8) is 0 Å². The fraction of sp³-hybridized carbons (Fsp3) is 0.600. The van der Waals surface area contributed by atoms with Gasteiger partial charge in [0.1, 0.15) is 12.1 Å². The van der Waals surface area contributed by atoms with E-state index in [-0.39, 0.29) is 91.3 Å². The minimum absolute atomic E-state index is 0. The van der Waals surface area contributed by atoms with Gasteiger partial charge in [0, 0.05) is 25.3 Å². The summed E-state index contributed by atoms with van der Waals surface area (Å²) in [7, 11) is 0. The number of carbonyl (C=O) groups is 6. The minimum atomic E-state index is -1.42. The van der Waals surface area contributed by atoms with Crippen molar-refractivity contribution in [2.45, 2.75) is 56.7 Å². The molecule has 0 aromatic rings. The molecule has 0 spiro atoms. The molecule has 0 heterocycles. The average Bonchev–Trinajstić information content (AvgIpc) is 2.62. The predicted octanol–water partition coefficient (Wildman–Crippen LogP) is -7.30. The van der Waals surface area contributed by atoms with Crippen molar-refractivity contribution in [3.05, 3.63) is 0 Å². The van der Waals surface area contributed by atoms with E-state index in [4.69, 9.17) is 42.7 Å². The summed E-state index contributed by atoms with van der Waals surface area (Å²) in [6.07, 6.45) is -0.775. The Morgan fingerprint density at radius 1 is 0.606 bits per heavy atom. The molecular weight excluding hydrogens is 530 g/mol. The molecule has 190 valence electrons. The van der Waals surface area contributed by atoms with Gasteiger partial charge in [-0.15, -0.1) is 0 Å². The van der Waals surface area contributed by atoms with E-state index in [1.54, 1.807) is 0 Å². The fourth-order valence-corrected chi connectivity index (χ4v) is 1.20. The Hall–Kier alpha value is -1.82. The van der Waals surface area contributed by atoms with Gasteiger partial charge in [-0.3, -0.25) is 24.0 Å². The van der Waals surface area contributed by atoms with Crippen LogP contribution in [0, 0.1) is 0 Å². The van der Waals surface area contributed by atoms with Gasteiger partial charge in [0.05, 0.1) is 5.97 Å². The van der Waals surface area contributed by atoms with Gasteiger partial charge >= 0.3 is 76.5 Å². The summed E-state index contributed by atoms with van der Waals surface area (Å²) in [4.78, 5) is 59.5. The third kappa shape index (κ3) is 37.8. The van der Waals surface area contributed by atoms with Crippen LogP contribution in [0.15, 0.2) is 0 Å². The topological polar surface area (TPSA) is 340 Å². The Morgan fingerprint density at radius 2 is 0.818 bits per heavy atom. The molecule has 0 fully saturated rings. The van der Waals surface area contributed by atoms with Gasteiger partial charge in [-0.1, -0.05) is 0 Å². The third-order valence-electron chi connectivity index (χ3n) is 2.94. The van der Waals surface area contributed by atoms with Crippen LogP contribution in [0.1, 0.15) is 38.5 Å². The standard InChI is InChI=1S/3C5H9NO4.H3N.Na.H2Se/c3*6-3(5(9)10)1-2-4(7)8;;;/h3*3H,1-2,6H2,(H,7,8)(H,9,10);1H3;;1H2/q;;;;+1;/p-1. The van der Waals surface area contributed by atoms with Gasteiger partial charge in [0.15, 0.2) is 0 Å². The average molecular weight is 561 g/mol. The quantitative estimate of drug-likeness (QED) is 0.0999. The predicted molar refractivity (Wildman–Crippen MR) is 108 cm³/mol. The molecule has 0 saturated carbocycles. The zero-order valence-electron chi connectivity index (χ0n) is 18.0. The second kappa shape index (κ2) is 26.4. The normalized spacial score (nSPS) is 11.4. The summed E-state index contributed by atoms with van der Waals surface area (Å²) in [5.41, 5.74) is 14.9. The van der Waals surface area contributed by atoms with Crippen LogP contribution in [0.3, 0.4) is 0 Å². The first-order valence-corrected chi connectivity index (χ1v) is 8.20. The van der Waals surface area contributed by atoms with E-state index in [9.17, 15) is 33.9 Å². The van der Waals surface area contributed by atoms with Crippen LogP contribution >= 0.6 is 0 Å². The molecule has 3 unspecified atom stereocenters. The van der Waals surface area contributed by atoms with Crippen molar-refractivity contribution in [1.29, 1.82) is 0 Å². The number of hydrogen-bond donors (Lipinski definition) is 9. The van der Waals surface area contributed by atoms with Gasteiger partial charge in [0.2, 0.25) is 0 Å². The van der Waals surface area contributed by atoms with E-state index >= 15 is 0 Å². The van der Waals surface area contributed by atoms with Crippen molar-refractivity contribution >= 4 is 52.9 Å². The van der Waals surface area contributed by atoms with Crippen LogP contribution < -0.4 is 58.0 Å². The van der Waals surface area contributed by atoms with Gasteiger partial charge in [-0.2, -0.15) is 0 Å². The van der Waals surface area contributed by atoms with Crippen molar-refractivity contribution in [2.75, 3.05) is 0 Å². The van der Waals surface area contributed by atoms with E-state index in [2.05, 4.69) is 0 Å². The molecule has 3 atom stereocenters. The van der Waals surface area contributed by atoms with E-state index < -0.39 is 53.9 Å². The van der Waals surface area contributed by atoms with Crippen LogP contribution in [-0.2, 0) is 28.8 Å². The Labute approximate surface area is 221 Å². The van der Waals surface area contributed by atoms with Gasteiger partial charge in [-0.05, 0) is 19.3 Å². The number of nitrogens with two attached hydrogens (primary N) is 3. The molecule has 0 aliphatic rings. The number of carboxylic acids is 6. The summed E-state index contributed by atoms with van der Waals surface area (Å²) in [5.74, 6) is -6.87. The summed E-state index contributed by atoms with van der Waals surface area (Å²) >= 11 is 0. The molecule has 0 rings (SSSR count). The molecule has 33 heavy (non-hydrogen) atoms. The van der Waals surface area contributed by atoms with Crippen LogP contribution in [-0.4, -0.2) is 96.5 Å². The van der Waals surface area contributed by atoms with E-state index in [1.807, 2.05) is 0 Å². The van der Waals surface area contributed by atoms with E-state index in [1.165, 1.54) is 0 Å². The van der Waals surface area contributed by atoms with Crippen molar-refractivity contribution < 1.29 is 89.0 Å². The first-order chi connectivity index (χ1) is 13.6. The van der Waals surface area contributed by atoms with Crippen molar-refractivity contribution in [1.82, 2.24) is 6.15 Å². The molecule has 0 amide bonds. The fourth-order valence-electron chi connectivity index (χ4n) is 1.20. The van der Waals surface area contributed by atoms with Crippen LogP contribution in [0.25, 0.3) is 0 Å². The maximum atomic E-state index is 9.99. The second-order valence-corrected chi connectivity index (χ2v) is 5.61. The Balaban J connectivity index is -0.0000000792. The zero-order chi connectivity index (χ0) is 24.4. The SMILES string of the molecule is N.NC(CCC(=O)O)C(=O)O.NC(CCC(=O)O)C(=O)O.NC(CCC(=O)O)C(=O)[O-].[Na+].[SeH2]. The Morgan fingerprint density at radius 3 is 0.970 bits per heavy atom. The number of hydrogen-bond acceptors (Lipinski definition) is 11. The van der Waals surface area contributed by atoms with Gasteiger partial charge in [-0.25, -0.2) is 0 Å². The molecule has 0 radical (unpaired) electrons. The van der Waals surface area contributed by atoms with Crippen LogP contribution in [0.2, 0.25) is 0 Å². The summed E-state index contributed by atoms with van der Waals surface area (Å²) in [6, 6.07) is -3.29. The number of rotatable bonds is 12. The summed E-state index contributed by atoms with van der Waals surface area (Å²) in [6.45, 7) is 0. The summed E-state index contributed by atoms with van der Waals surface area (Å²) < 4.78 is 0. The molecule has 18 heteroatoms. The van der Waals surface area contributed by atoms with Gasteiger partial charge in [0.25, 0.3) is 0 Å². The Kier molecular flexibility index (Phi) is 35.9. The van der Waals surface area contributed by atoms with Crippen LogP contribution in [0.5, 0.6) is 0 Å². The molecular formula is C15H31N4NaO12Se. The molecule has 0 aromatic carbocycles. The summed E-state index contributed by atoms with van der Waals surface area (Å²) in [5, 5.41) is 50.5. The van der Waals surface area contributed by atoms with Crippen LogP contribution in [0.4, 0.5) is 0 Å². The zero-order valence-corrected chi connectivity index (χ0v) is 22.1. The number of carbonyl (C=O) groups excluding carboxylic acids is 1. The molecule has 0 aliphatic heterocycles. The van der Waals surface area contributed by atoms with Gasteiger partial charge < -0.3 is 58.8 Å². The molecule has 0 aromatic heterocycles. The molecule has 14 N–H and O–H groups in total. The number of carboxylic acid groups (broad SMARTS) is 6. The van der Waals surface area contributed by atoms with E-state index in [0.29, 0.717) is 0 Å².